The molecule has 4 N–H and O–H groups in total. The highest BCUT2D eigenvalue weighted by Gasteiger charge is 2.36. The lowest BCUT2D eigenvalue weighted by Crippen LogP contribution is -2.30. The predicted octanol–water partition coefficient (Wildman–Crippen LogP) is 9.41. The third-order valence-electron chi connectivity index (χ3n) is 9.50. The number of allylic oxidation sites excluding steroid dienone is 1. The van der Waals surface area contributed by atoms with Gasteiger partial charge in [-0.25, -0.2) is 9.13 Å². The number of epoxide rings is 1. The molecule has 0 aromatic heterocycles. The van der Waals surface area contributed by atoms with Crippen LogP contribution in [0, 0.1) is 5.92 Å². The van der Waals surface area contributed by atoms with Gasteiger partial charge < -0.3 is 34.0 Å². The van der Waals surface area contributed by atoms with Gasteiger partial charge in [0.1, 0.15) is 12.7 Å². The molecule has 1 aliphatic rings. The van der Waals surface area contributed by atoms with Gasteiger partial charge in [-0.2, -0.15) is 0 Å². The van der Waals surface area contributed by atoms with Crippen LogP contribution in [0.2, 0.25) is 0 Å². The Morgan fingerprint density at radius 2 is 1.21 bits per heavy atom. The lowest BCUT2D eigenvalue weighted by atomic mass is 10.0. The highest BCUT2D eigenvalue weighted by molar-refractivity contribution is 7.47. The molecular formula is C40H76O14P2. The van der Waals surface area contributed by atoms with Gasteiger partial charge in [-0.1, -0.05) is 136 Å². The van der Waals surface area contributed by atoms with Crippen LogP contribution < -0.4 is 0 Å². The number of phosphoric ester groups is 2. The van der Waals surface area contributed by atoms with Crippen LogP contribution in [0.3, 0.4) is 0 Å². The Hall–Kier alpha value is -1.18. The van der Waals surface area contributed by atoms with Crippen LogP contribution in [-0.2, 0) is 46.5 Å². The van der Waals surface area contributed by atoms with E-state index in [9.17, 15) is 28.7 Å². The summed E-state index contributed by atoms with van der Waals surface area (Å²) in [5.41, 5.74) is 0. The van der Waals surface area contributed by atoms with Crippen LogP contribution >= 0.6 is 15.6 Å². The fraction of sp³-hybridized carbons (Fsp3) is 0.900. The monoisotopic (exact) mass is 842 g/mol. The highest BCUT2D eigenvalue weighted by atomic mass is 31.2. The third-order valence-corrected chi connectivity index (χ3v) is 10.9. The Morgan fingerprint density at radius 1 is 0.661 bits per heavy atom. The molecule has 14 nitrogen and oxygen atoms in total. The zero-order valence-corrected chi connectivity index (χ0v) is 36.4. The maximum absolute atomic E-state index is 12.7. The van der Waals surface area contributed by atoms with E-state index < -0.39 is 59.6 Å². The van der Waals surface area contributed by atoms with Gasteiger partial charge in [0.25, 0.3) is 0 Å². The third kappa shape index (κ3) is 33.8. The summed E-state index contributed by atoms with van der Waals surface area (Å²) in [5, 5.41) is 9.74. The number of carbonyl (C=O) groups is 2. The maximum atomic E-state index is 12.7. The van der Waals surface area contributed by atoms with Crippen molar-refractivity contribution < 1.29 is 66.3 Å². The minimum atomic E-state index is -4.86. The summed E-state index contributed by atoms with van der Waals surface area (Å²) >= 11 is 0. The fourth-order valence-corrected chi connectivity index (χ4v) is 7.28. The standard InChI is InChI=1S/C40H76O14P2/c1-4-5-20-26-37-38(54-37)27-22-17-13-10-11-15-19-24-29-40(43)53-36(33-52-56(47,48)51-31-35(41)30-50-55(44,45)46)32-49-39(42)28-23-18-14-9-7-6-8-12-16-21-25-34(2)3/h17,22,34-38,41H,4-16,18-21,23-33H2,1-3H3,(H,47,48)(H2,44,45,46)/b22-17-/t35-,36+,37?,38?/m0/s1. The molecule has 330 valence electrons. The number of hydrogen-bond donors (Lipinski definition) is 4. The molecular weight excluding hydrogens is 766 g/mol. The molecule has 1 saturated heterocycles. The molecule has 1 rings (SSSR count). The summed E-state index contributed by atoms with van der Waals surface area (Å²) in [7, 11) is -9.67. The molecule has 0 spiro atoms. The van der Waals surface area contributed by atoms with E-state index in [1.807, 2.05) is 0 Å². The molecule has 0 amide bonds. The lowest BCUT2D eigenvalue weighted by Gasteiger charge is -2.20. The maximum Gasteiger partial charge on any atom is 0.472 e. The SMILES string of the molecule is CCCCCC1OC1C/C=C\CCCCCCCC(=O)O[C@H](COC(=O)CCCCCCCCCCCCC(C)C)COP(=O)(O)OC[C@@H](O)COP(=O)(O)O. The van der Waals surface area contributed by atoms with Crippen molar-refractivity contribution in [3.05, 3.63) is 12.2 Å². The fourth-order valence-electron chi connectivity index (χ4n) is 6.13. The summed E-state index contributed by atoms with van der Waals surface area (Å²) in [6.07, 6.45) is 26.7. The summed E-state index contributed by atoms with van der Waals surface area (Å²) < 4.78 is 53.5. The topological polar surface area (TPSA) is 208 Å². The number of aliphatic hydroxyl groups excluding tert-OH is 1. The number of aliphatic hydroxyl groups is 1. The molecule has 16 heteroatoms. The van der Waals surface area contributed by atoms with Crippen molar-refractivity contribution in [2.45, 2.75) is 199 Å². The van der Waals surface area contributed by atoms with Gasteiger partial charge in [0.15, 0.2) is 6.10 Å². The first-order valence-corrected chi connectivity index (χ1v) is 24.4. The number of rotatable bonds is 39. The molecule has 0 aromatic rings. The van der Waals surface area contributed by atoms with E-state index in [-0.39, 0.29) is 19.4 Å². The summed E-state index contributed by atoms with van der Waals surface area (Å²) in [4.78, 5) is 52.6. The molecule has 1 aliphatic heterocycles. The van der Waals surface area contributed by atoms with Crippen LogP contribution in [0.25, 0.3) is 0 Å². The van der Waals surface area contributed by atoms with Gasteiger partial charge in [0.2, 0.25) is 0 Å². The van der Waals surface area contributed by atoms with E-state index in [1.165, 1.54) is 64.2 Å². The normalized spacial score (nSPS) is 17.9. The lowest BCUT2D eigenvalue weighted by molar-refractivity contribution is -0.161. The Morgan fingerprint density at radius 3 is 1.82 bits per heavy atom. The zero-order chi connectivity index (χ0) is 41.5. The minimum Gasteiger partial charge on any atom is -0.462 e. The quantitative estimate of drug-likeness (QED) is 0.0150. The van der Waals surface area contributed by atoms with E-state index in [2.05, 4.69) is 42.0 Å². The van der Waals surface area contributed by atoms with Crippen molar-refractivity contribution >= 4 is 27.6 Å². The second-order valence-electron chi connectivity index (χ2n) is 15.5. The zero-order valence-electron chi connectivity index (χ0n) is 34.6. The molecule has 56 heavy (non-hydrogen) atoms. The molecule has 1 fully saturated rings. The van der Waals surface area contributed by atoms with Crippen molar-refractivity contribution in [3.63, 3.8) is 0 Å². The molecule has 3 unspecified atom stereocenters. The van der Waals surface area contributed by atoms with Gasteiger partial charge >= 0.3 is 27.6 Å². The van der Waals surface area contributed by atoms with E-state index in [0.717, 1.165) is 70.1 Å². The van der Waals surface area contributed by atoms with E-state index >= 15 is 0 Å². The highest BCUT2D eigenvalue weighted by Crippen LogP contribution is 2.44. The molecule has 0 bridgehead atoms. The number of carbonyl (C=O) groups excluding carboxylic acids is 2. The van der Waals surface area contributed by atoms with Crippen molar-refractivity contribution in [1.82, 2.24) is 0 Å². The molecule has 0 aromatic carbocycles. The number of phosphoric acid groups is 2. The molecule has 0 aliphatic carbocycles. The summed E-state index contributed by atoms with van der Waals surface area (Å²) in [6, 6.07) is 0. The van der Waals surface area contributed by atoms with Crippen molar-refractivity contribution in [2.24, 2.45) is 5.92 Å². The molecule has 0 saturated carbocycles. The second-order valence-corrected chi connectivity index (χ2v) is 18.2. The second kappa shape index (κ2) is 32.6. The largest absolute Gasteiger partial charge is 0.472 e. The summed E-state index contributed by atoms with van der Waals surface area (Å²) in [6.45, 7) is 4.01. The van der Waals surface area contributed by atoms with Crippen LogP contribution in [0.15, 0.2) is 12.2 Å². The van der Waals surface area contributed by atoms with Crippen LogP contribution in [0.4, 0.5) is 0 Å². The first-order chi connectivity index (χ1) is 26.7. The average molecular weight is 843 g/mol. The Bertz CT molecular complexity index is 1130. The van der Waals surface area contributed by atoms with E-state index in [0.29, 0.717) is 25.0 Å². The van der Waals surface area contributed by atoms with Crippen LogP contribution in [0.1, 0.15) is 175 Å². The van der Waals surface area contributed by atoms with Gasteiger partial charge in [-0.05, 0) is 44.4 Å². The van der Waals surface area contributed by atoms with Gasteiger partial charge in [-0.15, -0.1) is 0 Å². The molecule has 5 atom stereocenters. The van der Waals surface area contributed by atoms with E-state index in [4.69, 9.17) is 28.5 Å². The predicted molar refractivity (Wildman–Crippen MR) is 216 cm³/mol. The first kappa shape index (κ1) is 52.8. The average Bonchev–Trinajstić information content (AvgIpc) is 3.89. The summed E-state index contributed by atoms with van der Waals surface area (Å²) in [5.74, 6) is -0.275. The number of esters is 2. The number of ether oxygens (including phenoxy) is 3. The van der Waals surface area contributed by atoms with Gasteiger partial charge in [0, 0.05) is 12.8 Å². The molecule has 1 heterocycles. The Kier molecular flexibility index (Phi) is 30.8. The van der Waals surface area contributed by atoms with Gasteiger partial charge in [-0.3, -0.25) is 23.2 Å². The van der Waals surface area contributed by atoms with Gasteiger partial charge in [0.05, 0.1) is 32.0 Å². The smallest absolute Gasteiger partial charge is 0.462 e. The Labute approximate surface area is 337 Å². The van der Waals surface area contributed by atoms with Crippen molar-refractivity contribution in [1.29, 1.82) is 0 Å². The van der Waals surface area contributed by atoms with Crippen LogP contribution in [-0.4, -0.2) is 82.6 Å². The Balaban J connectivity index is 2.36. The van der Waals surface area contributed by atoms with Crippen molar-refractivity contribution in [2.75, 3.05) is 26.4 Å². The van der Waals surface area contributed by atoms with E-state index in [1.54, 1.807) is 0 Å². The van der Waals surface area contributed by atoms with Crippen LogP contribution in [0.5, 0.6) is 0 Å². The van der Waals surface area contributed by atoms with Crippen molar-refractivity contribution in [3.8, 4) is 0 Å². The first-order valence-electron chi connectivity index (χ1n) is 21.4. The molecule has 0 radical (unpaired) electrons. The minimum absolute atomic E-state index is 0.113. The number of hydrogen-bond acceptors (Lipinski definition) is 11. The number of unbranched alkanes of at least 4 members (excludes halogenated alkanes) is 16.